The van der Waals surface area contributed by atoms with Crippen molar-refractivity contribution >= 4 is 29.8 Å². The van der Waals surface area contributed by atoms with Gasteiger partial charge in [0.1, 0.15) is 11.4 Å². The Morgan fingerprint density at radius 1 is 1.19 bits per heavy atom. The van der Waals surface area contributed by atoms with E-state index in [4.69, 9.17) is 11.6 Å². The van der Waals surface area contributed by atoms with Gasteiger partial charge in [-0.25, -0.2) is 9.18 Å². The van der Waals surface area contributed by atoms with E-state index in [-0.39, 0.29) is 10.6 Å². The Hall–Kier alpha value is -2.73. The van der Waals surface area contributed by atoms with Crippen molar-refractivity contribution in [3.8, 4) is 0 Å². The van der Waals surface area contributed by atoms with Crippen LogP contribution in [0.1, 0.15) is 24.5 Å². The van der Waals surface area contributed by atoms with E-state index in [0.717, 1.165) is 11.8 Å². The molecule has 2 aromatic carbocycles. The number of imide groups is 1. The maximum atomic E-state index is 13.8. The van der Waals surface area contributed by atoms with Crippen LogP contribution in [0.4, 0.5) is 9.18 Å². The predicted octanol–water partition coefficient (Wildman–Crippen LogP) is 3.76. The normalized spacial score (nSPS) is 20.0. The fourth-order valence-electron chi connectivity index (χ4n) is 2.73. The number of nitrogens with one attached hydrogen (secondary N) is 1. The third kappa shape index (κ3) is 3.60. The maximum Gasteiger partial charge on any atom is 0.346 e. The minimum absolute atomic E-state index is 0.0210. The molecular weight excluding hydrogens is 357 g/mol. The molecule has 26 heavy (non-hydrogen) atoms. The lowest BCUT2D eigenvalue weighted by molar-refractivity contribution is -0.130. The minimum atomic E-state index is -1.07. The SMILES string of the molecule is C[C@]1(CCc2ccccc2)NC(=O)N(N=Cc2c(F)cccc2Cl)C1=O. The smallest absolute Gasteiger partial charge is 0.322 e. The lowest BCUT2D eigenvalue weighted by Gasteiger charge is -2.20. The molecule has 7 heteroatoms. The molecule has 3 amide bonds. The number of halogens is 2. The highest BCUT2D eigenvalue weighted by Crippen LogP contribution is 2.24. The highest BCUT2D eigenvalue weighted by Gasteiger charge is 2.47. The van der Waals surface area contributed by atoms with Crippen molar-refractivity contribution in [1.29, 1.82) is 0 Å². The molecule has 0 unspecified atom stereocenters. The summed E-state index contributed by atoms with van der Waals surface area (Å²) in [6.07, 6.45) is 2.13. The lowest BCUT2D eigenvalue weighted by atomic mass is 9.93. The van der Waals surface area contributed by atoms with Crippen LogP contribution in [0.5, 0.6) is 0 Å². The molecule has 3 rings (SSSR count). The highest BCUT2D eigenvalue weighted by atomic mass is 35.5. The molecule has 0 radical (unpaired) electrons. The van der Waals surface area contributed by atoms with Gasteiger partial charge >= 0.3 is 6.03 Å². The van der Waals surface area contributed by atoms with Gasteiger partial charge in [0, 0.05) is 5.56 Å². The Morgan fingerprint density at radius 2 is 1.92 bits per heavy atom. The number of carbonyl (C=O) groups is 2. The van der Waals surface area contributed by atoms with Gasteiger partial charge in [-0.2, -0.15) is 5.10 Å². The van der Waals surface area contributed by atoms with Gasteiger partial charge in [0.05, 0.1) is 11.2 Å². The second kappa shape index (κ2) is 7.25. The summed E-state index contributed by atoms with van der Waals surface area (Å²) in [6, 6.07) is 13.2. The molecule has 1 atom stereocenters. The minimum Gasteiger partial charge on any atom is -0.322 e. The second-order valence-electron chi connectivity index (χ2n) is 6.24. The first kappa shape index (κ1) is 18.1. The van der Waals surface area contributed by atoms with Crippen LogP contribution in [0, 0.1) is 5.82 Å². The van der Waals surface area contributed by atoms with Gasteiger partial charge in [-0.1, -0.05) is 48.0 Å². The largest absolute Gasteiger partial charge is 0.346 e. The Bertz CT molecular complexity index is 852. The third-order valence-electron chi connectivity index (χ3n) is 4.30. The zero-order valence-electron chi connectivity index (χ0n) is 14.1. The number of nitrogens with zero attached hydrogens (tertiary/aromatic N) is 2. The number of hydrazone groups is 1. The molecular formula is C19H17ClFN3O2. The number of hydrogen-bond acceptors (Lipinski definition) is 3. The Labute approximate surface area is 155 Å². The van der Waals surface area contributed by atoms with E-state index < -0.39 is 23.3 Å². The summed E-state index contributed by atoms with van der Waals surface area (Å²) in [6.45, 7) is 1.65. The standard InChI is InChI=1S/C19H17ClFN3O2/c1-19(11-10-13-6-3-2-4-7-13)17(25)24(18(26)23-19)22-12-14-15(20)8-5-9-16(14)21/h2-9,12H,10-11H2,1H3,(H,23,26)/t19-/m1/s1. The van der Waals surface area contributed by atoms with Gasteiger partial charge in [-0.15, -0.1) is 5.01 Å². The first-order chi connectivity index (χ1) is 12.4. The summed E-state index contributed by atoms with van der Waals surface area (Å²) in [5.41, 5.74) is 0.0204. The van der Waals surface area contributed by atoms with E-state index in [1.165, 1.54) is 18.2 Å². The fourth-order valence-corrected chi connectivity index (χ4v) is 2.94. The number of urea groups is 1. The molecule has 1 fully saturated rings. The number of aryl methyl sites for hydroxylation is 1. The maximum absolute atomic E-state index is 13.8. The van der Waals surface area contributed by atoms with Crippen LogP contribution >= 0.6 is 11.6 Å². The monoisotopic (exact) mass is 373 g/mol. The summed E-state index contributed by atoms with van der Waals surface area (Å²) in [7, 11) is 0. The van der Waals surface area contributed by atoms with Crippen molar-refractivity contribution in [1.82, 2.24) is 10.3 Å². The summed E-state index contributed by atoms with van der Waals surface area (Å²) < 4.78 is 13.8. The predicted molar refractivity (Wildman–Crippen MR) is 97.5 cm³/mol. The average Bonchev–Trinajstić information content (AvgIpc) is 2.84. The van der Waals surface area contributed by atoms with Crippen LogP contribution in [0.15, 0.2) is 53.6 Å². The summed E-state index contributed by atoms with van der Waals surface area (Å²) in [4.78, 5) is 24.8. The van der Waals surface area contributed by atoms with Gasteiger partial charge in [-0.05, 0) is 37.5 Å². The van der Waals surface area contributed by atoms with Crippen LogP contribution in [0.25, 0.3) is 0 Å². The first-order valence-electron chi connectivity index (χ1n) is 8.09. The van der Waals surface area contributed by atoms with Gasteiger partial charge in [0.15, 0.2) is 0 Å². The molecule has 0 aliphatic carbocycles. The molecule has 134 valence electrons. The third-order valence-corrected chi connectivity index (χ3v) is 4.63. The summed E-state index contributed by atoms with van der Waals surface area (Å²) in [5, 5.41) is 7.37. The second-order valence-corrected chi connectivity index (χ2v) is 6.65. The molecule has 1 aliphatic rings. The van der Waals surface area contributed by atoms with Crippen LogP contribution in [-0.2, 0) is 11.2 Å². The Morgan fingerprint density at radius 3 is 2.62 bits per heavy atom. The van der Waals surface area contributed by atoms with E-state index in [1.54, 1.807) is 6.92 Å². The van der Waals surface area contributed by atoms with Crippen LogP contribution in [-0.4, -0.2) is 28.7 Å². The molecule has 0 saturated carbocycles. The molecule has 1 N–H and O–H groups in total. The van der Waals surface area contributed by atoms with Crippen LogP contribution in [0.3, 0.4) is 0 Å². The van der Waals surface area contributed by atoms with Gasteiger partial charge in [0.25, 0.3) is 5.91 Å². The molecule has 1 aliphatic heterocycles. The number of benzene rings is 2. The quantitative estimate of drug-likeness (QED) is 0.640. The first-order valence-corrected chi connectivity index (χ1v) is 8.47. The van der Waals surface area contributed by atoms with Crippen molar-refractivity contribution in [3.63, 3.8) is 0 Å². The molecule has 1 saturated heterocycles. The molecule has 1 heterocycles. The highest BCUT2D eigenvalue weighted by molar-refractivity contribution is 6.33. The molecule has 0 aromatic heterocycles. The van der Waals surface area contributed by atoms with Crippen molar-refractivity contribution in [2.24, 2.45) is 5.10 Å². The van der Waals surface area contributed by atoms with Gasteiger partial charge in [-0.3, -0.25) is 4.79 Å². The number of rotatable bonds is 5. The van der Waals surface area contributed by atoms with Gasteiger partial charge < -0.3 is 5.32 Å². The molecule has 0 spiro atoms. The summed E-state index contributed by atoms with van der Waals surface area (Å²) >= 11 is 5.93. The zero-order valence-corrected chi connectivity index (χ0v) is 14.8. The Kier molecular flexibility index (Phi) is 5.04. The topological polar surface area (TPSA) is 61.8 Å². The van der Waals surface area contributed by atoms with Gasteiger partial charge in [0.2, 0.25) is 0 Å². The van der Waals surface area contributed by atoms with E-state index in [0.29, 0.717) is 17.9 Å². The zero-order chi connectivity index (χ0) is 18.7. The lowest BCUT2D eigenvalue weighted by Crippen LogP contribution is -2.44. The average molecular weight is 374 g/mol. The van der Waals surface area contributed by atoms with E-state index in [2.05, 4.69) is 10.4 Å². The van der Waals surface area contributed by atoms with Crippen molar-refractivity contribution in [3.05, 3.63) is 70.5 Å². The van der Waals surface area contributed by atoms with Crippen LogP contribution < -0.4 is 5.32 Å². The van der Waals surface area contributed by atoms with Crippen molar-refractivity contribution in [2.75, 3.05) is 0 Å². The van der Waals surface area contributed by atoms with Crippen molar-refractivity contribution in [2.45, 2.75) is 25.3 Å². The molecule has 0 bridgehead atoms. The van der Waals surface area contributed by atoms with E-state index in [9.17, 15) is 14.0 Å². The Balaban J connectivity index is 1.75. The van der Waals surface area contributed by atoms with Crippen molar-refractivity contribution < 1.29 is 14.0 Å². The molecule has 2 aromatic rings. The summed E-state index contributed by atoms with van der Waals surface area (Å²) in [5.74, 6) is -1.07. The number of hydrogen-bond donors (Lipinski definition) is 1. The van der Waals surface area contributed by atoms with E-state index >= 15 is 0 Å². The van der Waals surface area contributed by atoms with E-state index in [1.807, 2.05) is 30.3 Å². The number of amides is 3. The number of carbonyl (C=O) groups excluding carboxylic acids is 2. The van der Waals surface area contributed by atoms with Crippen LogP contribution in [0.2, 0.25) is 5.02 Å². The fraction of sp³-hybridized carbons (Fsp3) is 0.211. The molecule has 5 nitrogen and oxygen atoms in total.